The van der Waals surface area contributed by atoms with Gasteiger partial charge in [0.2, 0.25) is 5.91 Å². The molecule has 6 nitrogen and oxygen atoms in total. The molecule has 0 spiro atoms. The maximum Gasteiger partial charge on any atom is 0.306 e. The molecule has 0 saturated carbocycles. The van der Waals surface area contributed by atoms with Gasteiger partial charge in [-0.1, -0.05) is 224 Å². The first-order valence-electron chi connectivity index (χ1n) is 25.2. The Kier molecular flexibility index (Phi) is 44.6. The van der Waals surface area contributed by atoms with Gasteiger partial charge in [0.05, 0.1) is 25.2 Å². The summed E-state index contributed by atoms with van der Waals surface area (Å²) in [5.74, 6) is -0.487. The quantitative estimate of drug-likeness (QED) is 0.0323. The van der Waals surface area contributed by atoms with Gasteiger partial charge < -0.3 is 20.3 Å². The van der Waals surface area contributed by atoms with Gasteiger partial charge in [-0.25, -0.2) is 0 Å². The van der Waals surface area contributed by atoms with Crippen LogP contribution in [0.15, 0.2) is 36.5 Å². The molecule has 0 bridgehead atoms. The number of hydrogen-bond acceptors (Lipinski definition) is 5. The molecule has 3 unspecified atom stereocenters. The fourth-order valence-electron chi connectivity index (χ4n) is 7.68. The highest BCUT2D eigenvalue weighted by Crippen LogP contribution is 2.18. The number of nitrogens with one attached hydrogen (secondary N) is 1. The molecule has 0 fully saturated rings. The normalized spacial score (nSPS) is 13.5. The molecule has 0 aromatic rings. The highest BCUT2D eigenvalue weighted by atomic mass is 16.5. The van der Waals surface area contributed by atoms with Crippen LogP contribution in [0.25, 0.3) is 0 Å². The summed E-state index contributed by atoms with van der Waals surface area (Å²) in [6, 6.07) is -0.705. The van der Waals surface area contributed by atoms with Crippen molar-refractivity contribution in [1.29, 1.82) is 0 Å². The van der Waals surface area contributed by atoms with E-state index >= 15 is 0 Å². The van der Waals surface area contributed by atoms with Gasteiger partial charge >= 0.3 is 5.97 Å². The van der Waals surface area contributed by atoms with E-state index in [0.29, 0.717) is 19.3 Å². The summed E-state index contributed by atoms with van der Waals surface area (Å²) in [5, 5.41) is 23.7. The van der Waals surface area contributed by atoms with E-state index < -0.39 is 18.2 Å². The largest absolute Gasteiger partial charge is 0.462 e. The SMILES string of the molecule is CC/C=C/C/C=C/C/C=C/CCCCCCC(CC(=O)NC(CO)C(O)CCCCCCCCCCCCCC)OC(=O)CCCCCCCCCCCCCCC. The number of allylic oxidation sites excluding steroid dienone is 6. The zero-order chi connectivity index (χ0) is 42.4. The highest BCUT2D eigenvalue weighted by molar-refractivity contribution is 5.77. The summed E-state index contributed by atoms with van der Waals surface area (Å²) in [5.41, 5.74) is 0. The first kappa shape index (κ1) is 56.1. The Labute approximate surface area is 360 Å². The molecule has 0 heterocycles. The lowest BCUT2D eigenvalue weighted by molar-refractivity contribution is -0.151. The van der Waals surface area contributed by atoms with Crippen LogP contribution in [0.2, 0.25) is 0 Å². The number of rotatable bonds is 45. The average Bonchev–Trinajstić information content (AvgIpc) is 3.22. The van der Waals surface area contributed by atoms with Crippen LogP contribution in [0.5, 0.6) is 0 Å². The smallest absolute Gasteiger partial charge is 0.306 e. The molecule has 0 saturated heterocycles. The first-order chi connectivity index (χ1) is 28.5. The fourth-order valence-corrected chi connectivity index (χ4v) is 7.68. The van der Waals surface area contributed by atoms with Crippen LogP contribution in [0, 0.1) is 0 Å². The topological polar surface area (TPSA) is 95.9 Å². The number of carbonyl (C=O) groups excluding carboxylic acids is 2. The van der Waals surface area contributed by atoms with Crippen LogP contribution >= 0.6 is 0 Å². The van der Waals surface area contributed by atoms with E-state index in [1.54, 1.807) is 0 Å². The lowest BCUT2D eigenvalue weighted by atomic mass is 10.0. The van der Waals surface area contributed by atoms with Crippen molar-refractivity contribution < 1.29 is 24.5 Å². The molecule has 0 radical (unpaired) electrons. The Hall–Kier alpha value is -1.92. The van der Waals surface area contributed by atoms with Crippen molar-refractivity contribution in [3.63, 3.8) is 0 Å². The number of aliphatic hydroxyl groups excluding tert-OH is 2. The Morgan fingerprint density at radius 1 is 0.517 bits per heavy atom. The summed E-state index contributed by atoms with van der Waals surface area (Å²) in [7, 11) is 0. The Morgan fingerprint density at radius 3 is 1.41 bits per heavy atom. The van der Waals surface area contributed by atoms with Crippen molar-refractivity contribution in [3.8, 4) is 0 Å². The number of unbranched alkanes of at least 4 members (excludes halogenated alkanes) is 27. The van der Waals surface area contributed by atoms with Gasteiger partial charge in [0.15, 0.2) is 0 Å². The monoisotopic (exact) mass is 816 g/mol. The van der Waals surface area contributed by atoms with Crippen molar-refractivity contribution in [3.05, 3.63) is 36.5 Å². The molecule has 1 amide bonds. The highest BCUT2D eigenvalue weighted by Gasteiger charge is 2.24. The lowest BCUT2D eigenvalue weighted by Crippen LogP contribution is -2.46. The summed E-state index contributed by atoms with van der Waals surface area (Å²) < 4.78 is 5.92. The molecule has 0 aromatic heterocycles. The van der Waals surface area contributed by atoms with Crippen LogP contribution in [0.3, 0.4) is 0 Å². The lowest BCUT2D eigenvalue weighted by Gasteiger charge is -2.24. The minimum absolute atomic E-state index is 0.0661. The summed E-state index contributed by atoms with van der Waals surface area (Å²) >= 11 is 0. The van der Waals surface area contributed by atoms with Crippen molar-refractivity contribution in [2.75, 3.05) is 6.61 Å². The second-order valence-corrected chi connectivity index (χ2v) is 17.2. The number of hydrogen-bond donors (Lipinski definition) is 3. The Morgan fingerprint density at radius 2 is 0.931 bits per heavy atom. The van der Waals surface area contributed by atoms with Crippen LogP contribution in [0.4, 0.5) is 0 Å². The second kappa shape index (κ2) is 46.2. The number of carbonyl (C=O) groups is 2. The molecule has 3 atom stereocenters. The first-order valence-corrected chi connectivity index (χ1v) is 25.2. The predicted octanol–water partition coefficient (Wildman–Crippen LogP) is 14.9. The maximum atomic E-state index is 13.2. The van der Waals surface area contributed by atoms with Gasteiger partial charge in [0, 0.05) is 6.42 Å². The minimum Gasteiger partial charge on any atom is -0.462 e. The van der Waals surface area contributed by atoms with Crippen molar-refractivity contribution in [2.24, 2.45) is 0 Å². The van der Waals surface area contributed by atoms with E-state index in [0.717, 1.165) is 89.9 Å². The predicted molar refractivity (Wildman–Crippen MR) is 250 cm³/mol. The summed E-state index contributed by atoms with van der Waals surface area (Å²) in [6.07, 6.45) is 53.4. The van der Waals surface area contributed by atoms with Gasteiger partial charge in [-0.2, -0.15) is 0 Å². The van der Waals surface area contributed by atoms with Crippen molar-refractivity contribution in [1.82, 2.24) is 5.32 Å². The molecule has 0 aliphatic rings. The molecule has 58 heavy (non-hydrogen) atoms. The van der Waals surface area contributed by atoms with Crippen LogP contribution in [-0.4, -0.2) is 46.9 Å². The van der Waals surface area contributed by atoms with Crippen LogP contribution in [-0.2, 0) is 14.3 Å². The van der Waals surface area contributed by atoms with E-state index in [1.165, 1.54) is 122 Å². The third-order valence-electron chi connectivity index (χ3n) is 11.5. The maximum absolute atomic E-state index is 13.2. The van der Waals surface area contributed by atoms with E-state index in [2.05, 4.69) is 62.5 Å². The van der Waals surface area contributed by atoms with Gasteiger partial charge in [0.1, 0.15) is 6.10 Å². The standard InChI is InChI=1S/C52H97NO5/c1-4-7-10-13-16-19-22-25-27-28-31-34-37-40-43-48(58-52(57)45-42-39-36-33-30-26-23-20-17-14-11-8-5-2)46-51(56)53-49(47-54)50(55)44-41-38-35-32-29-24-21-18-15-12-9-6-3/h7,10,16,19,25,27,48-50,54-55H,4-6,8-9,11-15,17-18,20-24,26,28-47H2,1-3H3,(H,53,56)/b10-7+,19-16+,27-25+. The molecule has 340 valence electrons. The van der Waals surface area contributed by atoms with E-state index in [9.17, 15) is 19.8 Å². The molecule has 6 heteroatoms. The van der Waals surface area contributed by atoms with E-state index in [4.69, 9.17) is 4.74 Å². The van der Waals surface area contributed by atoms with Crippen molar-refractivity contribution in [2.45, 2.75) is 277 Å². The zero-order valence-electron chi connectivity index (χ0n) is 38.7. The Balaban J connectivity index is 4.60. The molecule has 0 aromatic carbocycles. The average molecular weight is 816 g/mol. The van der Waals surface area contributed by atoms with Gasteiger partial charge in [-0.05, 0) is 57.8 Å². The fraction of sp³-hybridized carbons (Fsp3) is 0.846. The molecule has 0 rings (SSSR count). The molecule has 0 aliphatic carbocycles. The minimum atomic E-state index is -0.790. The van der Waals surface area contributed by atoms with Gasteiger partial charge in [-0.15, -0.1) is 0 Å². The van der Waals surface area contributed by atoms with Gasteiger partial charge in [0.25, 0.3) is 0 Å². The summed E-state index contributed by atoms with van der Waals surface area (Å²) in [6.45, 7) is 6.37. The third-order valence-corrected chi connectivity index (χ3v) is 11.5. The van der Waals surface area contributed by atoms with Crippen molar-refractivity contribution >= 4 is 11.9 Å². The number of amides is 1. The number of ether oxygens (including phenoxy) is 1. The molecule has 3 N–H and O–H groups in total. The second-order valence-electron chi connectivity index (χ2n) is 17.2. The molecular weight excluding hydrogens is 719 g/mol. The summed E-state index contributed by atoms with van der Waals surface area (Å²) in [4.78, 5) is 26.1. The number of esters is 1. The Bertz CT molecular complexity index is 961. The zero-order valence-corrected chi connectivity index (χ0v) is 38.7. The molecule has 0 aliphatic heterocycles. The molecular formula is C52H97NO5. The van der Waals surface area contributed by atoms with E-state index in [-0.39, 0.29) is 24.9 Å². The van der Waals surface area contributed by atoms with Crippen LogP contribution < -0.4 is 5.32 Å². The number of aliphatic hydroxyl groups is 2. The van der Waals surface area contributed by atoms with Gasteiger partial charge in [-0.3, -0.25) is 9.59 Å². The van der Waals surface area contributed by atoms with E-state index in [1.807, 2.05) is 0 Å². The third kappa shape index (κ3) is 40.8. The van der Waals surface area contributed by atoms with Crippen LogP contribution in [0.1, 0.15) is 258 Å².